The summed E-state index contributed by atoms with van der Waals surface area (Å²) in [4.78, 5) is 18.2. The largest absolute Gasteiger partial charge is 0.469 e. The van der Waals surface area contributed by atoms with Crippen LogP contribution in [0.1, 0.15) is 25.3 Å². The van der Waals surface area contributed by atoms with Gasteiger partial charge in [-0.25, -0.2) is 8.78 Å². The number of hydrogen-bond donors (Lipinski definition) is 1. The first-order valence-electron chi connectivity index (χ1n) is 8.60. The predicted molar refractivity (Wildman–Crippen MR) is 92.4 cm³/mol. The molecule has 0 saturated carbocycles. The van der Waals surface area contributed by atoms with E-state index in [1.54, 1.807) is 6.07 Å². The van der Waals surface area contributed by atoms with E-state index in [0.29, 0.717) is 38.2 Å². The monoisotopic (exact) mass is 353 g/mol. The summed E-state index contributed by atoms with van der Waals surface area (Å²) >= 11 is 0. The normalized spacial score (nSPS) is 16.0. The second-order valence-electron chi connectivity index (χ2n) is 5.98. The van der Waals surface area contributed by atoms with Crippen LogP contribution in [-0.2, 0) is 16.0 Å². The van der Waals surface area contributed by atoms with Gasteiger partial charge in [0.25, 0.3) is 0 Å². The van der Waals surface area contributed by atoms with E-state index in [-0.39, 0.29) is 11.9 Å². The number of methoxy groups -OCH3 is 1. The summed E-state index contributed by atoms with van der Waals surface area (Å²) in [5.41, 5.74) is 0.323. The van der Waals surface area contributed by atoms with Gasteiger partial charge < -0.3 is 15.0 Å². The Labute approximate surface area is 147 Å². The second kappa shape index (κ2) is 9.34. The van der Waals surface area contributed by atoms with Gasteiger partial charge in [-0.3, -0.25) is 9.79 Å². The van der Waals surface area contributed by atoms with Gasteiger partial charge in [0.05, 0.1) is 13.0 Å². The highest BCUT2D eigenvalue weighted by molar-refractivity contribution is 5.80. The summed E-state index contributed by atoms with van der Waals surface area (Å²) in [6.07, 6.45) is 1.77. The minimum absolute atomic E-state index is 0.0643. The number of rotatable bonds is 5. The second-order valence-corrected chi connectivity index (χ2v) is 5.98. The summed E-state index contributed by atoms with van der Waals surface area (Å²) in [6.45, 7) is 4.46. The number of carbonyl (C=O) groups excluding carboxylic acids is 1. The van der Waals surface area contributed by atoms with Gasteiger partial charge >= 0.3 is 5.97 Å². The van der Waals surface area contributed by atoms with E-state index in [1.165, 1.54) is 13.2 Å². The lowest BCUT2D eigenvalue weighted by atomic mass is 9.97. The van der Waals surface area contributed by atoms with Gasteiger partial charge in [-0.1, -0.05) is 12.1 Å². The average Bonchev–Trinajstić information content (AvgIpc) is 2.64. The molecule has 0 amide bonds. The molecule has 1 aliphatic heterocycles. The molecular weight excluding hydrogens is 328 g/mol. The summed E-state index contributed by atoms with van der Waals surface area (Å²) in [5.74, 6) is -1.13. The molecule has 5 nitrogen and oxygen atoms in total. The number of nitrogens with one attached hydrogen (secondary N) is 1. The molecule has 7 heteroatoms. The molecule has 1 aromatic rings. The zero-order chi connectivity index (χ0) is 18.2. The van der Waals surface area contributed by atoms with E-state index in [4.69, 9.17) is 4.74 Å². The van der Waals surface area contributed by atoms with E-state index < -0.39 is 11.6 Å². The third kappa shape index (κ3) is 5.14. The fourth-order valence-corrected chi connectivity index (χ4v) is 2.94. The fourth-order valence-electron chi connectivity index (χ4n) is 2.94. The van der Waals surface area contributed by atoms with E-state index in [1.807, 2.05) is 6.92 Å². The van der Waals surface area contributed by atoms with E-state index in [9.17, 15) is 13.6 Å². The van der Waals surface area contributed by atoms with Gasteiger partial charge in [0.1, 0.15) is 0 Å². The molecule has 138 valence electrons. The number of esters is 1. The molecule has 0 atom stereocenters. The van der Waals surface area contributed by atoms with E-state index in [2.05, 4.69) is 15.2 Å². The smallest absolute Gasteiger partial charge is 0.308 e. The molecule has 1 aliphatic rings. The van der Waals surface area contributed by atoms with Gasteiger partial charge in [0.15, 0.2) is 17.6 Å². The number of aliphatic imine (C=N–C) groups is 1. The maximum Gasteiger partial charge on any atom is 0.308 e. The summed E-state index contributed by atoms with van der Waals surface area (Å²) < 4.78 is 31.7. The van der Waals surface area contributed by atoms with Crippen molar-refractivity contribution in [3.63, 3.8) is 0 Å². The molecule has 0 radical (unpaired) electrons. The van der Waals surface area contributed by atoms with Crippen molar-refractivity contribution in [1.29, 1.82) is 0 Å². The third-order valence-corrected chi connectivity index (χ3v) is 4.34. The number of ether oxygens (including phenoxy) is 1. The lowest BCUT2D eigenvalue weighted by molar-refractivity contribution is -0.146. The van der Waals surface area contributed by atoms with Crippen molar-refractivity contribution in [2.45, 2.75) is 26.2 Å². The molecular formula is C18H25F2N3O2. The van der Waals surface area contributed by atoms with Crippen molar-refractivity contribution in [1.82, 2.24) is 10.2 Å². The zero-order valence-electron chi connectivity index (χ0n) is 14.7. The van der Waals surface area contributed by atoms with Gasteiger partial charge in [-0.05, 0) is 37.8 Å². The third-order valence-electron chi connectivity index (χ3n) is 4.34. The Hall–Kier alpha value is -2.18. The topological polar surface area (TPSA) is 53.9 Å². The highest BCUT2D eigenvalue weighted by Crippen LogP contribution is 2.18. The van der Waals surface area contributed by atoms with Crippen molar-refractivity contribution in [2.75, 3.05) is 33.3 Å². The van der Waals surface area contributed by atoms with Gasteiger partial charge in [0.2, 0.25) is 0 Å². The van der Waals surface area contributed by atoms with Crippen LogP contribution in [0.15, 0.2) is 23.2 Å². The maximum absolute atomic E-state index is 13.7. The molecule has 0 aliphatic carbocycles. The van der Waals surface area contributed by atoms with Crippen LogP contribution in [0.2, 0.25) is 0 Å². The summed E-state index contributed by atoms with van der Waals surface area (Å²) in [7, 11) is 1.41. The molecule has 1 N–H and O–H groups in total. The summed E-state index contributed by atoms with van der Waals surface area (Å²) in [5, 5.41) is 3.21. The first-order chi connectivity index (χ1) is 12.1. The van der Waals surface area contributed by atoms with Crippen LogP contribution in [0, 0.1) is 17.6 Å². The Morgan fingerprint density at radius 1 is 1.36 bits per heavy atom. The number of likely N-dealkylation sites (tertiary alicyclic amines) is 1. The lowest BCUT2D eigenvalue weighted by Gasteiger charge is -2.33. The van der Waals surface area contributed by atoms with Gasteiger partial charge in [-0.15, -0.1) is 0 Å². The molecule has 0 unspecified atom stereocenters. The first kappa shape index (κ1) is 19.1. The highest BCUT2D eigenvalue weighted by Gasteiger charge is 2.26. The first-order valence-corrected chi connectivity index (χ1v) is 8.60. The molecule has 0 bridgehead atoms. The molecule has 1 fully saturated rings. The molecule has 0 spiro atoms. The van der Waals surface area contributed by atoms with Crippen LogP contribution in [-0.4, -0.2) is 50.1 Å². The maximum atomic E-state index is 13.7. The predicted octanol–water partition coefficient (Wildman–Crippen LogP) is 2.36. The fraction of sp³-hybridized carbons (Fsp3) is 0.556. The van der Waals surface area contributed by atoms with Crippen LogP contribution in [0.25, 0.3) is 0 Å². The van der Waals surface area contributed by atoms with Crippen molar-refractivity contribution in [2.24, 2.45) is 10.9 Å². The zero-order valence-corrected chi connectivity index (χ0v) is 14.7. The molecule has 1 saturated heterocycles. The Morgan fingerprint density at radius 3 is 2.72 bits per heavy atom. The lowest BCUT2D eigenvalue weighted by Crippen LogP contribution is -2.46. The minimum Gasteiger partial charge on any atom is -0.469 e. The SMILES string of the molecule is CCNC(=NCCc1cccc(F)c1F)N1CCC(C(=O)OC)CC1. The average molecular weight is 353 g/mol. The van der Waals surface area contributed by atoms with Gasteiger partial charge in [-0.2, -0.15) is 0 Å². The Kier molecular flexibility index (Phi) is 7.16. The van der Waals surface area contributed by atoms with E-state index in [0.717, 1.165) is 24.9 Å². The number of guanidine groups is 1. The number of carbonyl (C=O) groups is 1. The standard InChI is InChI=1S/C18H25F2N3O2/c1-3-21-18(23-11-8-14(9-12-23)17(24)25-2)22-10-7-13-5-4-6-15(19)16(13)20/h4-6,14H,3,7-12H2,1-2H3,(H,21,22). The Bertz CT molecular complexity index is 614. The number of benzene rings is 1. The molecule has 1 heterocycles. The quantitative estimate of drug-likeness (QED) is 0.502. The minimum atomic E-state index is -0.835. The number of halogens is 2. The summed E-state index contributed by atoms with van der Waals surface area (Å²) in [6, 6.07) is 4.18. The molecule has 1 aromatic carbocycles. The van der Waals surface area contributed by atoms with Crippen LogP contribution in [0.3, 0.4) is 0 Å². The Balaban J connectivity index is 1.95. The van der Waals surface area contributed by atoms with Crippen molar-refractivity contribution in [3.8, 4) is 0 Å². The number of hydrogen-bond acceptors (Lipinski definition) is 3. The number of nitrogens with zero attached hydrogens (tertiary/aromatic N) is 2. The van der Waals surface area contributed by atoms with E-state index >= 15 is 0 Å². The van der Waals surface area contributed by atoms with Crippen molar-refractivity contribution < 1.29 is 18.3 Å². The van der Waals surface area contributed by atoms with Crippen LogP contribution >= 0.6 is 0 Å². The molecule has 2 rings (SSSR count). The molecule has 0 aromatic heterocycles. The van der Waals surface area contributed by atoms with Crippen LogP contribution in [0.4, 0.5) is 8.78 Å². The number of piperidine rings is 1. The van der Waals surface area contributed by atoms with Crippen molar-refractivity contribution in [3.05, 3.63) is 35.4 Å². The van der Waals surface area contributed by atoms with Gasteiger partial charge in [0, 0.05) is 26.2 Å². The Morgan fingerprint density at radius 2 is 2.08 bits per heavy atom. The van der Waals surface area contributed by atoms with Crippen molar-refractivity contribution >= 4 is 11.9 Å². The highest BCUT2D eigenvalue weighted by atomic mass is 19.2. The van der Waals surface area contributed by atoms with Crippen LogP contribution < -0.4 is 5.32 Å². The molecule has 25 heavy (non-hydrogen) atoms. The van der Waals surface area contributed by atoms with Crippen LogP contribution in [0.5, 0.6) is 0 Å².